The van der Waals surface area contributed by atoms with E-state index in [9.17, 15) is 0 Å². The highest BCUT2D eigenvalue weighted by Crippen LogP contribution is 2.57. The normalized spacial score (nSPS) is 14.6. The predicted octanol–water partition coefficient (Wildman–Crippen LogP) is 7.76. The monoisotopic (exact) mass is 674 g/mol. The van der Waals surface area contributed by atoms with Crippen molar-refractivity contribution in [1.29, 1.82) is 0 Å². The van der Waals surface area contributed by atoms with E-state index in [1.54, 1.807) is 0 Å². The van der Waals surface area contributed by atoms with Crippen molar-refractivity contribution in [3.8, 4) is 0 Å². The van der Waals surface area contributed by atoms with Crippen LogP contribution in [0.1, 0.15) is 0 Å². The number of anilines is 12. The van der Waals surface area contributed by atoms with E-state index < -0.39 is 0 Å². The van der Waals surface area contributed by atoms with Gasteiger partial charge in [-0.1, -0.05) is 97.1 Å². The van der Waals surface area contributed by atoms with Gasteiger partial charge in [-0.3, -0.25) is 0 Å². The van der Waals surface area contributed by atoms with Gasteiger partial charge in [0, 0.05) is 45.5 Å². The highest BCUT2D eigenvalue weighted by molar-refractivity contribution is 7.02. The summed E-state index contributed by atoms with van der Waals surface area (Å²) in [5.74, 6) is 0. The largest absolute Gasteiger partial charge is 0.480 e. The number of nitrogens with zero attached hydrogens (tertiary/aromatic N) is 4. The van der Waals surface area contributed by atoms with E-state index in [0.717, 1.165) is 45.4 Å². The Bertz CT molecular complexity index is 2660. The summed E-state index contributed by atoms with van der Waals surface area (Å²) < 4.78 is 7.61. The maximum absolute atomic E-state index is 7.61. The van der Waals surface area contributed by atoms with Crippen molar-refractivity contribution in [3.63, 3.8) is 0 Å². The Morgan fingerprint density at radius 3 is 1.08 bits per heavy atom. The van der Waals surface area contributed by atoms with Gasteiger partial charge in [0.2, 0.25) is 0 Å². The maximum Gasteiger partial charge on any atom is 0.297 e. The van der Waals surface area contributed by atoms with E-state index in [0.29, 0.717) is 0 Å². The Hall–Kier alpha value is -6.85. The molecule has 0 fully saturated rings. The summed E-state index contributed by atoms with van der Waals surface area (Å²) in [5.41, 5.74) is 21.1. The van der Waals surface area contributed by atoms with Crippen LogP contribution in [0.25, 0.3) is 0 Å². The minimum absolute atomic E-state index is 0.0800. The topological polar surface area (TPSA) is 26.1 Å². The van der Waals surface area contributed by atoms with Crippen LogP contribution >= 0.6 is 0 Å². The molecule has 0 saturated heterocycles. The predicted molar refractivity (Wildman–Crippen MR) is 220 cm³/mol. The molecule has 6 heterocycles. The lowest BCUT2D eigenvalue weighted by Gasteiger charge is -2.47. The smallest absolute Gasteiger partial charge is 0.297 e. The van der Waals surface area contributed by atoms with Crippen molar-refractivity contribution in [2.75, 3.05) is 19.6 Å². The fourth-order valence-corrected chi connectivity index (χ4v) is 10.0. The lowest BCUT2D eigenvalue weighted by molar-refractivity contribution is 0.634. The molecule has 7 heteroatoms. The second-order valence-corrected chi connectivity index (χ2v) is 14.4. The molecule has 5 aliphatic heterocycles. The zero-order valence-corrected chi connectivity index (χ0v) is 28.5. The molecule has 0 N–H and O–H groups in total. The molecule has 7 aromatic carbocycles. The van der Waals surface area contributed by atoms with Crippen LogP contribution in [0.5, 0.6) is 0 Å². The Morgan fingerprint density at radius 1 is 0.302 bits per heavy atom. The molecule has 0 aliphatic carbocycles. The van der Waals surface area contributed by atoms with Crippen LogP contribution in [-0.2, 0) is 0 Å². The standard InChI is InChI=1S/C46H28B2N4O/c1-3-15-29(16-4-1)49-33-21-9-7-19-31(33)47-41-37(49)25-13-27-39(41)51-35-23-11-12-24-36(35)52-40-28-14-26-38-42(40)48(46-44(52)43(51)45(47)53-46)32-20-8-10-22-34(32)50(38)30-17-5-2-6-18-30/h1-28H. The van der Waals surface area contributed by atoms with Gasteiger partial charge >= 0.3 is 0 Å². The van der Waals surface area contributed by atoms with Crippen LogP contribution in [0.3, 0.4) is 0 Å². The Labute approximate surface area is 307 Å². The summed E-state index contributed by atoms with van der Waals surface area (Å²) in [6.07, 6.45) is 0. The number of rotatable bonds is 2. The van der Waals surface area contributed by atoms with Crippen molar-refractivity contribution in [2.45, 2.75) is 0 Å². The third-order valence-corrected chi connectivity index (χ3v) is 11.9. The molecular formula is C46H28B2N4O. The third kappa shape index (κ3) is 3.36. The molecule has 5 nitrogen and oxygen atoms in total. The molecule has 5 aliphatic rings. The van der Waals surface area contributed by atoms with Crippen LogP contribution in [0.15, 0.2) is 174 Å². The summed E-state index contributed by atoms with van der Waals surface area (Å²) in [6.45, 7) is -0.160. The third-order valence-electron chi connectivity index (χ3n) is 11.9. The van der Waals surface area contributed by atoms with E-state index in [1.807, 2.05) is 0 Å². The van der Waals surface area contributed by atoms with Crippen molar-refractivity contribution >= 4 is 115 Å². The van der Waals surface area contributed by atoms with Gasteiger partial charge in [0.1, 0.15) is 11.4 Å². The summed E-state index contributed by atoms with van der Waals surface area (Å²) in [6, 6.07) is 61.8. The van der Waals surface area contributed by atoms with Gasteiger partial charge in [-0.15, -0.1) is 0 Å². The molecule has 13 rings (SSSR count). The van der Waals surface area contributed by atoms with Crippen molar-refractivity contribution < 1.29 is 4.42 Å². The van der Waals surface area contributed by atoms with Gasteiger partial charge in [-0.05, 0) is 94.6 Å². The number of benzene rings is 7. The zero-order chi connectivity index (χ0) is 34.4. The van der Waals surface area contributed by atoms with Crippen LogP contribution in [0, 0.1) is 0 Å². The zero-order valence-electron chi connectivity index (χ0n) is 28.5. The van der Waals surface area contributed by atoms with Gasteiger partial charge in [-0.25, -0.2) is 0 Å². The van der Waals surface area contributed by atoms with Crippen LogP contribution in [-0.4, -0.2) is 13.4 Å². The van der Waals surface area contributed by atoms with E-state index in [2.05, 4.69) is 189 Å². The average Bonchev–Trinajstić information content (AvgIpc) is 3.62. The highest BCUT2D eigenvalue weighted by atomic mass is 16.3. The summed E-state index contributed by atoms with van der Waals surface area (Å²) in [5, 5.41) is 0. The SMILES string of the molecule is c1ccc(N2c3ccccc3B3c4oc5c6c4N(c4ccccc4N6c4cccc6c4B5c4ccccc4N6c4ccccc4)c4cccc2c43)cc1. The van der Waals surface area contributed by atoms with Crippen LogP contribution in [0.2, 0.25) is 0 Å². The molecule has 0 bridgehead atoms. The van der Waals surface area contributed by atoms with E-state index in [-0.39, 0.29) is 13.4 Å². The van der Waals surface area contributed by atoms with Gasteiger partial charge < -0.3 is 24.0 Å². The Kier molecular flexibility index (Phi) is 5.21. The average molecular weight is 674 g/mol. The Balaban J connectivity index is 1.14. The van der Waals surface area contributed by atoms with E-state index in [4.69, 9.17) is 4.42 Å². The van der Waals surface area contributed by atoms with Crippen molar-refractivity contribution in [2.24, 2.45) is 0 Å². The lowest BCUT2D eigenvalue weighted by atomic mass is 9.35. The van der Waals surface area contributed by atoms with Gasteiger partial charge in [0.15, 0.2) is 0 Å². The molecule has 53 heavy (non-hydrogen) atoms. The number of fused-ring (bicyclic) bond motifs is 11. The second kappa shape index (κ2) is 9.93. The first-order valence-electron chi connectivity index (χ1n) is 18.4. The van der Waals surface area contributed by atoms with Gasteiger partial charge in [0.05, 0.1) is 22.7 Å². The Morgan fingerprint density at radius 2 is 0.642 bits per heavy atom. The first kappa shape index (κ1) is 27.8. The second-order valence-electron chi connectivity index (χ2n) is 14.4. The molecule has 244 valence electrons. The van der Waals surface area contributed by atoms with Crippen LogP contribution in [0.4, 0.5) is 68.2 Å². The number of furan rings is 1. The molecule has 0 amide bonds. The molecule has 0 spiro atoms. The highest BCUT2D eigenvalue weighted by Gasteiger charge is 2.55. The van der Waals surface area contributed by atoms with Gasteiger partial charge in [-0.2, -0.15) is 0 Å². The molecule has 0 unspecified atom stereocenters. The minimum atomic E-state index is -0.0800. The first-order valence-corrected chi connectivity index (χ1v) is 18.4. The molecular weight excluding hydrogens is 646 g/mol. The number of hydrogen-bond acceptors (Lipinski definition) is 5. The first-order chi connectivity index (χ1) is 26.4. The summed E-state index contributed by atoms with van der Waals surface area (Å²) in [7, 11) is 0. The number of hydrogen-bond donors (Lipinski definition) is 0. The summed E-state index contributed by atoms with van der Waals surface area (Å²) in [4.78, 5) is 9.85. The fraction of sp³-hybridized carbons (Fsp3) is 0. The minimum Gasteiger partial charge on any atom is -0.480 e. The summed E-state index contributed by atoms with van der Waals surface area (Å²) >= 11 is 0. The quantitative estimate of drug-likeness (QED) is 0.175. The van der Waals surface area contributed by atoms with E-state index >= 15 is 0 Å². The maximum atomic E-state index is 7.61. The molecule has 0 atom stereocenters. The fourth-order valence-electron chi connectivity index (χ4n) is 10.0. The molecule has 0 radical (unpaired) electrons. The lowest BCUT2D eigenvalue weighted by Crippen LogP contribution is -2.61. The van der Waals surface area contributed by atoms with Crippen LogP contribution < -0.4 is 52.8 Å². The molecule has 0 saturated carbocycles. The van der Waals surface area contributed by atoms with E-state index in [1.165, 1.54) is 56.0 Å². The molecule has 8 aromatic rings. The molecule has 1 aromatic heterocycles. The van der Waals surface area contributed by atoms with Gasteiger partial charge in [0.25, 0.3) is 13.4 Å². The van der Waals surface area contributed by atoms with Crippen molar-refractivity contribution in [3.05, 3.63) is 170 Å². The number of para-hydroxylation sites is 6. The van der Waals surface area contributed by atoms with Crippen molar-refractivity contribution in [1.82, 2.24) is 0 Å².